The molecule has 104 valence electrons. The summed E-state index contributed by atoms with van der Waals surface area (Å²) in [5.74, 6) is 0.449. The Kier molecular flexibility index (Phi) is 5.91. The van der Waals surface area contributed by atoms with Crippen molar-refractivity contribution in [2.45, 2.75) is 24.2 Å². The third kappa shape index (κ3) is 4.56. The summed E-state index contributed by atoms with van der Waals surface area (Å²) >= 11 is 2.84. The number of rotatable bonds is 6. The predicted molar refractivity (Wildman–Crippen MR) is 71.9 cm³/mol. The zero-order valence-electron chi connectivity index (χ0n) is 9.92. The average Bonchev–Trinajstić information content (AvgIpc) is 2.26. The lowest BCUT2D eigenvalue weighted by molar-refractivity contribution is 0.539. The Balaban J connectivity index is 2.81. The Morgan fingerprint density at radius 2 is 2.00 bits per heavy atom. The second kappa shape index (κ2) is 6.98. The Morgan fingerprint density at radius 3 is 2.58 bits per heavy atom. The van der Waals surface area contributed by atoms with Crippen molar-refractivity contribution in [2.24, 2.45) is 0 Å². The quantitative estimate of drug-likeness (QED) is 0.632. The molecule has 0 aliphatic carbocycles. The largest absolute Gasteiger partial charge is 0.244 e. The Bertz CT molecular complexity index is 573. The van der Waals surface area contributed by atoms with Gasteiger partial charge in [-0.05, 0) is 34.8 Å². The van der Waals surface area contributed by atoms with E-state index in [0.717, 1.165) is 6.07 Å². The number of hydrogen-bond donors (Lipinski definition) is 1. The van der Waals surface area contributed by atoms with Gasteiger partial charge in [-0.15, -0.1) is 12.3 Å². The summed E-state index contributed by atoms with van der Waals surface area (Å²) < 4.78 is 52.2. The van der Waals surface area contributed by atoms with Gasteiger partial charge in [0.25, 0.3) is 0 Å². The van der Waals surface area contributed by atoms with Crippen LogP contribution in [0.1, 0.15) is 19.3 Å². The van der Waals surface area contributed by atoms with Gasteiger partial charge in [-0.3, -0.25) is 0 Å². The molecule has 0 aliphatic heterocycles. The van der Waals surface area contributed by atoms with Crippen molar-refractivity contribution < 1.29 is 17.2 Å². The van der Waals surface area contributed by atoms with Crippen molar-refractivity contribution in [1.29, 1.82) is 0 Å². The number of sulfonamides is 1. The lowest BCUT2D eigenvalue weighted by Crippen LogP contribution is -2.26. The fraction of sp³-hybridized carbons (Fsp3) is 0.333. The van der Waals surface area contributed by atoms with Gasteiger partial charge in [0.2, 0.25) is 10.0 Å². The van der Waals surface area contributed by atoms with E-state index in [4.69, 9.17) is 6.42 Å². The summed E-state index contributed by atoms with van der Waals surface area (Å²) in [5.41, 5.74) is 0. The van der Waals surface area contributed by atoms with E-state index in [1.54, 1.807) is 0 Å². The first-order chi connectivity index (χ1) is 8.88. The van der Waals surface area contributed by atoms with E-state index in [2.05, 4.69) is 26.6 Å². The van der Waals surface area contributed by atoms with Gasteiger partial charge in [0.15, 0.2) is 0 Å². The molecule has 1 aromatic rings. The minimum absolute atomic E-state index is 0.146. The van der Waals surface area contributed by atoms with Gasteiger partial charge in [0.05, 0.1) is 0 Å². The van der Waals surface area contributed by atoms with Gasteiger partial charge in [-0.1, -0.05) is 0 Å². The zero-order chi connectivity index (χ0) is 14.5. The summed E-state index contributed by atoms with van der Waals surface area (Å²) in [6, 6.07) is 1.42. The third-order valence-corrected chi connectivity index (χ3v) is 4.70. The van der Waals surface area contributed by atoms with Crippen LogP contribution in [0.3, 0.4) is 0 Å². The number of unbranched alkanes of at least 4 members (excludes halogenated alkanes) is 2. The highest BCUT2D eigenvalue weighted by atomic mass is 79.9. The fourth-order valence-electron chi connectivity index (χ4n) is 1.42. The van der Waals surface area contributed by atoms with Crippen LogP contribution in [0, 0.1) is 24.0 Å². The first kappa shape index (κ1) is 16.1. The topological polar surface area (TPSA) is 46.2 Å². The van der Waals surface area contributed by atoms with Gasteiger partial charge in [-0.25, -0.2) is 21.9 Å². The van der Waals surface area contributed by atoms with Crippen LogP contribution in [0.4, 0.5) is 8.78 Å². The van der Waals surface area contributed by atoms with Crippen LogP contribution in [0.2, 0.25) is 0 Å². The van der Waals surface area contributed by atoms with Crippen molar-refractivity contribution in [3.8, 4) is 12.3 Å². The van der Waals surface area contributed by atoms with E-state index in [9.17, 15) is 17.2 Å². The van der Waals surface area contributed by atoms with Crippen LogP contribution in [0.5, 0.6) is 0 Å². The lowest BCUT2D eigenvalue weighted by Gasteiger charge is -2.09. The standard InChI is InChI=1S/C12H12BrF2NO2S/c1-2-3-4-5-6-16-19(17,18)12-10(13)7-9(14)8-11(12)15/h1,7-8,16H,3-6H2. The predicted octanol–water partition coefficient (Wildman–Crippen LogP) is 2.81. The second-order valence-electron chi connectivity index (χ2n) is 3.76. The molecule has 0 atom stereocenters. The second-order valence-corrected chi connectivity index (χ2v) is 6.32. The molecular weight excluding hydrogens is 340 g/mol. The maximum Gasteiger partial charge on any atom is 0.244 e. The van der Waals surface area contributed by atoms with Gasteiger partial charge in [-0.2, -0.15) is 0 Å². The number of halogens is 3. The van der Waals surface area contributed by atoms with Gasteiger partial charge < -0.3 is 0 Å². The minimum atomic E-state index is -4.02. The molecule has 1 aromatic carbocycles. The third-order valence-electron chi connectivity index (χ3n) is 2.27. The molecule has 19 heavy (non-hydrogen) atoms. The molecule has 0 fully saturated rings. The van der Waals surface area contributed by atoms with Crippen LogP contribution in [-0.2, 0) is 10.0 Å². The highest BCUT2D eigenvalue weighted by Crippen LogP contribution is 2.26. The molecule has 0 unspecified atom stereocenters. The Hall–Kier alpha value is -0.970. The first-order valence-corrected chi connectivity index (χ1v) is 7.74. The van der Waals surface area contributed by atoms with Crippen molar-refractivity contribution in [3.63, 3.8) is 0 Å². The van der Waals surface area contributed by atoms with E-state index in [-0.39, 0.29) is 11.0 Å². The smallest absolute Gasteiger partial charge is 0.211 e. The highest BCUT2D eigenvalue weighted by Gasteiger charge is 2.23. The summed E-state index contributed by atoms with van der Waals surface area (Å²) in [6.45, 7) is 0.146. The maximum absolute atomic E-state index is 13.5. The Morgan fingerprint density at radius 1 is 1.32 bits per heavy atom. The summed E-state index contributed by atoms with van der Waals surface area (Å²) in [7, 11) is -4.02. The van der Waals surface area contributed by atoms with Crippen molar-refractivity contribution >= 4 is 26.0 Å². The van der Waals surface area contributed by atoms with Crippen LogP contribution >= 0.6 is 15.9 Å². The van der Waals surface area contributed by atoms with Crippen LogP contribution < -0.4 is 4.72 Å². The average molecular weight is 352 g/mol. The molecule has 0 bridgehead atoms. The SMILES string of the molecule is C#CCCCCNS(=O)(=O)c1c(F)cc(F)cc1Br. The maximum atomic E-state index is 13.5. The van der Waals surface area contributed by atoms with E-state index < -0.39 is 26.6 Å². The molecule has 7 heteroatoms. The number of hydrogen-bond acceptors (Lipinski definition) is 2. The van der Waals surface area contributed by atoms with Gasteiger partial charge >= 0.3 is 0 Å². The molecule has 0 heterocycles. The molecule has 0 spiro atoms. The molecular formula is C12H12BrF2NO2S. The lowest BCUT2D eigenvalue weighted by atomic mass is 10.2. The summed E-state index contributed by atoms with van der Waals surface area (Å²) in [4.78, 5) is -0.592. The van der Waals surface area contributed by atoms with Gasteiger partial charge in [0.1, 0.15) is 16.5 Å². The molecule has 0 aromatic heterocycles. The van der Waals surface area contributed by atoms with Gasteiger partial charge in [0, 0.05) is 23.5 Å². The minimum Gasteiger partial charge on any atom is -0.211 e. The van der Waals surface area contributed by atoms with Crippen molar-refractivity contribution in [3.05, 3.63) is 28.2 Å². The normalized spacial score (nSPS) is 11.3. The highest BCUT2D eigenvalue weighted by molar-refractivity contribution is 9.10. The molecule has 0 saturated heterocycles. The van der Waals surface area contributed by atoms with E-state index >= 15 is 0 Å². The van der Waals surface area contributed by atoms with E-state index in [0.29, 0.717) is 25.3 Å². The monoisotopic (exact) mass is 351 g/mol. The van der Waals surface area contributed by atoms with Crippen molar-refractivity contribution in [1.82, 2.24) is 4.72 Å². The molecule has 0 amide bonds. The van der Waals surface area contributed by atoms with Crippen LogP contribution in [0.25, 0.3) is 0 Å². The Labute approximate surface area is 119 Å². The molecule has 0 radical (unpaired) electrons. The molecule has 1 rings (SSSR count). The van der Waals surface area contributed by atoms with Crippen LogP contribution in [0.15, 0.2) is 21.5 Å². The van der Waals surface area contributed by atoms with E-state index in [1.807, 2.05) is 0 Å². The van der Waals surface area contributed by atoms with E-state index in [1.165, 1.54) is 0 Å². The molecule has 0 saturated carbocycles. The van der Waals surface area contributed by atoms with Crippen LogP contribution in [-0.4, -0.2) is 15.0 Å². The first-order valence-electron chi connectivity index (χ1n) is 5.46. The number of terminal acetylenes is 1. The summed E-state index contributed by atoms with van der Waals surface area (Å²) in [5, 5.41) is 0. The molecule has 1 N–H and O–H groups in total. The molecule has 3 nitrogen and oxygen atoms in total. The molecule has 0 aliphatic rings. The van der Waals surface area contributed by atoms with Crippen molar-refractivity contribution in [2.75, 3.05) is 6.54 Å². The zero-order valence-corrected chi connectivity index (χ0v) is 12.3. The summed E-state index contributed by atoms with van der Waals surface area (Å²) in [6.07, 6.45) is 6.83. The number of benzene rings is 1. The fourth-order valence-corrected chi connectivity index (χ4v) is 3.65. The number of nitrogens with one attached hydrogen (secondary N) is 1.